The first-order valence-electron chi connectivity index (χ1n) is 6.40. The average molecular weight is 255 g/mol. The van der Waals surface area contributed by atoms with E-state index >= 15 is 0 Å². The fourth-order valence-electron chi connectivity index (χ4n) is 2.88. The van der Waals surface area contributed by atoms with Crippen LogP contribution in [0.1, 0.15) is 24.0 Å². The van der Waals surface area contributed by atoms with Gasteiger partial charge in [0.2, 0.25) is 5.91 Å². The van der Waals surface area contributed by atoms with Crippen molar-refractivity contribution in [3.05, 3.63) is 48.2 Å². The molecule has 1 saturated heterocycles. The molecule has 2 aliphatic rings. The topological polar surface area (TPSA) is 58.4 Å². The van der Waals surface area contributed by atoms with Crippen LogP contribution in [0.4, 0.5) is 5.69 Å². The predicted octanol–water partition coefficient (Wildman–Crippen LogP) is 1.85. The summed E-state index contributed by atoms with van der Waals surface area (Å²) in [5.74, 6) is 0.0445. The second-order valence-electron chi connectivity index (χ2n) is 5.08. The van der Waals surface area contributed by atoms with Crippen LogP contribution in [0.2, 0.25) is 0 Å². The lowest BCUT2D eigenvalue weighted by Crippen LogP contribution is -2.43. The van der Waals surface area contributed by atoms with Gasteiger partial charge in [0.1, 0.15) is 0 Å². The van der Waals surface area contributed by atoms with Gasteiger partial charge < -0.3 is 16.0 Å². The summed E-state index contributed by atoms with van der Waals surface area (Å²) < 4.78 is 0. The highest BCUT2D eigenvalue weighted by molar-refractivity contribution is 5.80. The fourth-order valence-corrected chi connectivity index (χ4v) is 2.88. The molecule has 0 bridgehead atoms. The lowest BCUT2D eigenvalue weighted by molar-refractivity contribution is -0.121. The zero-order valence-corrected chi connectivity index (χ0v) is 10.8. The van der Waals surface area contributed by atoms with Crippen LogP contribution in [-0.4, -0.2) is 16.8 Å². The zero-order valence-electron chi connectivity index (χ0n) is 10.8. The molecule has 3 rings (SSSR count). The van der Waals surface area contributed by atoms with Gasteiger partial charge in [0.15, 0.2) is 0 Å². The second kappa shape index (κ2) is 4.16. The Kier molecular flexibility index (Phi) is 2.59. The Bertz CT molecular complexity index is 591. The zero-order chi connectivity index (χ0) is 13.6. The molecule has 0 spiro atoms. The van der Waals surface area contributed by atoms with Crippen molar-refractivity contribution in [1.29, 1.82) is 0 Å². The van der Waals surface area contributed by atoms with E-state index in [1.54, 1.807) is 0 Å². The lowest BCUT2D eigenvalue weighted by atomic mass is 10.0. The van der Waals surface area contributed by atoms with E-state index in [9.17, 15) is 4.79 Å². The summed E-state index contributed by atoms with van der Waals surface area (Å²) in [6, 6.07) is 6.00. The van der Waals surface area contributed by atoms with Crippen LogP contribution in [-0.2, 0) is 11.3 Å². The number of anilines is 1. The third-order valence-corrected chi connectivity index (χ3v) is 3.92. The van der Waals surface area contributed by atoms with Crippen LogP contribution in [0.3, 0.4) is 0 Å². The van der Waals surface area contributed by atoms with E-state index in [2.05, 4.69) is 23.4 Å². The van der Waals surface area contributed by atoms with Crippen molar-refractivity contribution >= 4 is 17.3 Å². The van der Waals surface area contributed by atoms with E-state index < -0.39 is 0 Å². The Labute approximate surface area is 112 Å². The Balaban J connectivity index is 1.90. The number of amides is 1. The Morgan fingerprint density at radius 2 is 2.16 bits per heavy atom. The van der Waals surface area contributed by atoms with E-state index in [1.807, 2.05) is 18.2 Å². The summed E-state index contributed by atoms with van der Waals surface area (Å²) in [7, 11) is 0. The molecule has 1 fully saturated rings. The first-order chi connectivity index (χ1) is 9.08. The first-order valence-corrected chi connectivity index (χ1v) is 6.40. The number of piperidine rings is 1. The van der Waals surface area contributed by atoms with Crippen molar-refractivity contribution in [2.45, 2.75) is 25.4 Å². The molecule has 98 valence electrons. The molecule has 4 heteroatoms. The monoisotopic (exact) mass is 255 g/mol. The molecular weight excluding hydrogens is 238 g/mol. The third kappa shape index (κ3) is 1.80. The molecule has 0 radical (unpaired) electrons. The molecule has 3 N–H and O–H groups in total. The Morgan fingerprint density at radius 3 is 2.84 bits per heavy atom. The average Bonchev–Trinajstić information content (AvgIpc) is 2.69. The number of hydrogen-bond donors (Lipinski definition) is 2. The highest BCUT2D eigenvalue weighted by Crippen LogP contribution is 2.38. The van der Waals surface area contributed by atoms with Crippen molar-refractivity contribution in [3.63, 3.8) is 0 Å². The molecule has 1 aromatic carbocycles. The largest absolute Gasteiger partial charge is 0.398 e. The minimum absolute atomic E-state index is 0.0445. The van der Waals surface area contributed by atoms with Crippen LogP contribution < -0.4 is 11.1 Å². The Morgan fingerprint density at radius 1 is 1.37 bits per heavy atom. The number of rotatable bonds is 1. The number of carbonyl (C=O) groups is 1. The highest BCUT2D eigenvalue weighted by atomic mass is 16.1. The van der Waals surface area contributed by atoms with Crippen molar-refractivity contribution in [3.8, 4) is 0 Å². The van der Waals surface area contributed by atoms with E-state index in [0.29, 0.717) is 6.42 Å². The highest BCUT2D eigenvalue weighted by Gasteiger charge is 2.33. The maximum Gasteiger partial charge on any atom is 0.224 e. The van der Waals surface area contributed by atoms with Gasteiger partial charge in [0.05, 0.1) is 6.04 Å². The van der Waals surface area contributed by atoms with Gasteiger partial charge in [-0.2, -0.15) is 0 Å². The van der Waals surface area contributed by atoms with Crippen molar-refractivity contribution in [2.24, 2.45) is 0 Å². The summed E-state index contributed by atoms with van der Waals surface area (Å²) in [6.07, 6.45) is 1.30. The number of nitrogen functional groups attached to an aromatic ring is 1. The van der Waals surface area contributed by atoms with Crippen LogP contribution in [0.15, 0.2) is 37.1 Å². The smallest absolute Gasteiger partial charge is 0.224 e. The summed E-state index contributed by atoms with van der Waals surface area (Å²) >= 11 is 0. The van der Waals surface area contributed by atoms with Gasteiger partial charge in [-0.05, 0) is 12.5 Å². The molecule has 2 heterocycles. The van der Waals surface area contributed by atoms with E-state index in [4.69, 9.17) is 5.73 Å². The molecule has 1 atom stereocenters. The van der Waals surface area contributed by atoms with Gasteiger partial charge >= 0.3 is 0 Å². The molecule has 0 aliphatic carbocycles. The molecular formula is C15H17N3O. The minimum atomic E-state index is 0.0445. The van der Waals surface area contributed by atoms with E-state index in [-0.39, 0.29) is 11.9 Å². The van der Waals surface area contributed by atoms with Crippen molar-refractivity contribution in [2.75, 3.05) is 5.73 Å². The van der Waals surface area contributed by atoms with Crippen LogP contribution in [0, 0.1) is 0 Å². The summed E-state index contributed by atoms with van der Waals surface area (Å²) in [4.78, 5) is 13.5. The Hall–Kier alpha value is -2.23. The normalized spacial score (nSPS) is 22.4. The van der Waals surface area contributed by atoms with E-state index in [1.165, 1.54) is 0 Å². The van der Waals surface area contributed by atoms with Gasteiger partial charge in [-0.25, -0.2) is 0 Å². The molecule has 0 aromatic heterocycles. The van der Waals surface area contributed by atoms with Crippen molar-refractivity contribution in [1.82, 2.24) is 10.2 Å². The maximum atomic E-state index is 11.4. The molecule has 0 saturated carbocycles. The minimum Gasteiger partial charge on any atom is -0.398 e. The van der Waals surface area contributed by atoms with E-state index in [0.717, 1.165) is 41.2 Å². The maximum absolute atomic E-state index is 11.4. The first kappa shape index (κ1) is 11.8. The molecule has 2 aliphatic heterocycles. The number of fused-ring (bicyclic) bond motifs is 1. The molecule has 4 nitrogen and oxygen atoms in total. The van der Waals surface area contributed by atoms with Gasteiger partial charge in [-0.3, -0.25) is 4.79 Å². The van der Waals surface area contributed by atoms with Crippen LogP contribution in [0.25, 0.3) is 5.70 Å². The van der Waals surface area contributed by atoms with Crippen molar-refractivity contribution < 1.29 is 4.79 Å². The summed E-state index contributed by atoms with van der Waals surface area (Å²) in [6.45, 7) is 8.86. The van der Waals surface area contributed by atoms with Crippen LogP contribution in [0.5, 0.6) is 0 Å². The number of benzene rings is 1. The number of hydrogen-bond acceptors (Lipinski definition) is 3. The van der Waals surface area contributed by atoms with Crippen LogP contribution >= 0.6 is 0 Å². The number of carbonyl (C=O) groups excluding carboxylic acids is 1. The van der Waals surface area contributed by atoms with Gasteiger partial charge in [-0.1, -0.05) is 25.3 Å². The molecule has 1 unspecified atom stereocenters. The molecule has 19 heavy (non-hydrogen) atoms. The predicted molar refractivity (Wildman–Crippen MR) is 75.7 cm³/mol. The van der Waals surface area contributed by atoms with Gasteiger partial charge in [0.25, 0.3) is 0 Å². The second-order valence-corrected chi connectivity index (χ2v) is 5.08. The number of nitrogens with zero attached hydrogens (tertiary/aromatic N) is 1. The fraction of sp³-hybridized carbons (Fsp3) is 0.267. The molecule has 1 aromatic rings. The quantitative estimate of drug-likeness (QED) is 0.753. The number of nitrogens with one attached hydrogen (secondary N) is 1. The summed E-state index contributed by atoms with van der Waals surface area (Å²) in [5.41, 5.74) is 10.8. The van der Waals surface area contributed by atoms with Gasteiger partial charge in [-0.15, -0.1) is 0 Å². The van der Waals surface area contributed by atoms with Gasteiger partial charge in [0, 0.05) is 41.2 Å². The SMILES string of the molecule is C=C1NC(=O)CCC1N1Cc2c(N)cccc2C1=C. The number of nitrogens with two attached hydrogens (primary N) is 1. The summed E-state index contributed by atoms with van der Waals surface area (Å²) in [5, 5.41) is 2.82. The third-order valence-electron chi connectivity index (χ3n) is 3.92. The lowest BCUT2D eigenvalue weighted by Gasteiger charge is -2.34. The molecule has 1 amide bonds. The standard InChI is InChI=1S/C15H17N3O/c1-9-14(6-7-15(19)17-9)18-8-12-11(10(18)2)4-3-5-13(12)16/h3-5,14H,1-2,6-8,16H2,(H,17,19).